The third kappa shape index (κ3) is 73.9. The normalized spacial score (nSPS) is 8.00. The Morgan fingerprint density at radius 2 is 0.444 bits per heavy atom. The molecule has 19 nitrogen and oxygen atoms in total. The van der Waals surface area contributed by atoms with Gasteiger partial charge in [-0.2, -0.15) is 0 Å². The molecule has 19 heteroatoms. The minimum Gasteiger partial charge on any atom is -0.261 e. The van der Waals surface area contributed by atoms with Crippen molar-refractivity contribution in [3.8, 4) is 0 Å². The first kappa shape index (κ1) is 101. The summed E-state index contributed by atoms with van der Waals surface area (Å²) >= 11 is 0. The maximum Gasteiger partial charge on any atom is 0.129 e. The molecule has 9 rings (SSSR count). The highest BCUT2D eigenvalue weighted by molar-refractivity contribution is 5.05. The van der Waals surface area contributed by atoms with Crippen molar-refractivity contribution in [3.63, 3.8) is 0 Å². The predicted octanol–water partition coefficient (Wildman–Crippen LogP) is 18.5. The highest BCUT2D eigenvalue weighted by Crippen LogP contribution is 1.95. The molecule has 0 bridgehead atoms. The highest BCUT2D eigenvalue weighted by atomic mass is 15.0. The summed E-state index contributed by atoms with van der Waals surface area (Å²) in [7, 11) is 0. The lowest BCUT2D eigenvalue weighted by Gasteiger charge is -1.89. The van der Waals surface area contributed by atoms with Crippen molar-refractivity contribution in [1.29, 1.82) is 0 Å². The first-order chi connectivity index (χ1) is 43.1. The van der Waals surface area contributed by atoms with E-state index in [0.29, 0.717) is 0 Å². The number of nitrogens with zero attached hydrogens (tertiary/aromatic N) is 19. The van der Waals surface area contributed by atoms with Crippen LogP contribution in [0, 0.1) is 125 Å². The molecule has 0 aliphatic rings. The molecule has 0 saturated carbocycles. The lowest BCUT2D eigenvalue weighted by atomic mass is 10.4. The SMILES string of the molecule is CC.CC.CC.CC.CC.CC.CC.CC.CC.Cc1cc(C)ncn1.Cc1ccnc(C)n1.Cc1ccnc(C)n1.Cc1cnc(C)cn1.Cc1cnc(C)cn1.Cc1cnc(C)nc1.Cc1cnc(C)nc1.Cc1cncc(C)n1.Cc1ncnc(C)n1. The number of rotatable bonds is 0. The topological polar surface area (TPSA) is 245 Å². The van der Waals surface area contributed by atoms with Gasteiger partial charge in [0.15, 0.2) is 0 Å². The number of aromatic nitrogens is 19. The van der Waals surface area contributed by atoms with Gasteiger partial charge < -0.3 is 0 Å². The molecule has 0 atom stereocenters. The second-order valence-corrected chi connectivity index (χ2v) is 15.9. The molecular weight excluding hydrogens is 1120 g/mol. The van der Waals surface area contributed by atoms with Crippen molar-refractivity contribution < 1.29 is 0 Å². The fourth-order valence-corrected chi connectivity index (χ4v) is 4.64. The van der Waals surface area contributed by atoms with E-state index < -0.39 is 0 Å². The standard InChI is InChI=1S/8C6H8N2.C5H7N3.9C2H6/c2*1-5-3-8-6(2)4-7-5;1-5-3-7-4-6(2)8-5;1-5-3-6(2)8-4-7-5;2*1-5-3-7-6(2)8-4-5;2*1-5-3-4-7-6(2)8-5;1-4-6-3-7-5(2)8-4;9*1-2/h8*3-4H,1-2H3;3H,1-2H3;9*1-2H3. The Kier molecular flexibility index (Phi) is 85.8. The number of hydrogen-bond acceptors (Lipinski definition) is 19. The van der Waals surface area contributed by atoms with Gasteiger partial charge in [-0.05, 0) is 154 Å². The van der Waals surface area contributed by atoms with Gasteiger partial charge in [0.25, 0.3) is 0 Å². The van der Waals surface area contributed by atoms with E-state index in [1.807, 2.05) is 292 Å². The summed E-state index contributed by atoms with van der Waals surface area (Å²) in [5.74, 6) is 4.89. The first-order valence-corrected chi connectivity index (χ1v) is 31.8. The Morgan fingerprint density at radius 1 is 0.189 bits per heavy atom. The summed E-state index contributed by atoms with van der Waals surface area (Å²) in [5.41, 5.74) is 12.1. The second-order valence-electron chi connectivity index (χ2n) is 15.9. The first-order valence-electron chi connectivity index (χ1n) is 31.8. The van der Waals surface area contributed by atoms with Crippen molar-refractivity contribution >= 4 is 0 Å². The quantitative estimate of drug-likeness (QED) is 0.137. The molecule has 0 N–H and O–H groups in total. The third-order valence-corrected chi connectivity index (χ3v) is 8.10. The summed E-state index contributed by atoms with van der Waals surface area (Å²) in [6.45, 7) is 70.5. The second kappa shape index (κ2) is 76.7. The van der Waals surface area contributed by atoms with Gasteiger partial charge >= 0.3 is 0 Å². The van der Waals surface area contributed by atoms with Crippen molar-refractivity contribution in [2.24, 2.45) is 0 Å². The van der Waals surface area contributed by atoms with Crippen LogP contribution in [0.15, 0.2) is 105 Å². The Labute approximate surface area is 549 Å². The Hall–Kier alpha value is -8.35. The predicted molar refractivity (Wildman–Crippen MR) is 383 cm³/mol. The van der Waals surface area contributed by atoms with E-state index in [4.69, 9.17) is 0 Å². The zero-order valence-corrected chi connectivity index (χ0v) is 63.3. The zero-order chi connectivity index (χ0) is 71.8. The number of aryl methyl sites for hydroxylation is 18. The Morgan fingerprint density at radius 3 is 0.600 bits per heavy atom. The van der Waals surface area contributed by atoms with Crippen LogP contribution in [-0.2, 0) is 0 Å². The molecule has 0 aliphatic carbocycles. The van der Waals surface area contributed by atoms with Gasteiger partial charge in [-0.25, -0.2) is 64.8 Å². The molecular formula is C71H125N19. The van der Waals surface area contributed by atoms with Gasteiger partial charge in [-0.3, -0.25) is 29.9 Å². The number of hydrogen-bond donors (Lipinski definition) is 0. The van der Waals surface area contributed by atoms with E-state index in [-0.39, 0.29) is 0 Å². The summed E-state index contributed by atoms with van der Waals surface area (Å²) in [5, 5.41) is 0. The largest absolute Gasteiger partial charge is 0.261 e. The van der Waals surface area contributed by atoms with Crippen LogP contribution in [0.1, 0.15) is 228 Å². The van der Waals surface area contributed by atoms with Gasteiger partial charge in [0, 0.05) is 97.1 Å². The van der Waals surface area contributed by atoms with Gasteiger partial charge in [0.05, 0.1) is 34.2 Å². The molecule has 0 radical (unpaired) electrons. The molecule has 90 heavy (non-hydrogen) atoms. The molecule has 9 aromatic heterocycles. The van der Waals surface area contributed by atoms with Gasteiger partial charge in [0.2, 0.25) is 0 Å². The molecule has 0 fully saturated rings. The Balaban J connectivity index is -0.000000113. The van der Waals surface area contributed by atoms with Gasteiger partial charge in [0.1, 0.15) is 47.6 Å². The van der Waals surface area contributed by atoms with Crippen LogP contribution in [0.2, 0.25) is 0 Å². The Bertz CT molecular complexity index is 2240. The van der Waals surface area contributed by atoms with Gasteiger partial charge in [-0.1, -0.05) is 125 Å². The summed E-state index contributed by atoms with van der Waals surface area (Å²) < 4.78 is 0. The molecule has 0 amide bonds. The van der Waals surface area contributed by atoms with Gasteiger partial charge in [-0.15, -0.1) is 0 Å². The highest BCUT2D eigenvalue weighted by Gasteiger charge is 1.89. The van der Waals surface area contributed by atoms with Crippen molar-refractivity contribution in [1.82, 2.24) is 94.7 Å². The summed E-state index contributed by atoms with van der Waals surface area (Å²) in [6.07, 6.45) is 24.4. The average molecular weight is 1240 g/mol. The lowest BCUT2D eigenvalue weighted by molar-refractivity contribution is 0.920. The summed E-state index contributed by atoms with van der Waals surface area (Å²) in [6, 6.07) is 5.71. The maximum absolute atomic E-state index is 4.11. The molecule has 504 valence electrons. The minimum absolute atomic E-state index is 0.775. The smallest absolute Gasteiger partial charge is 0.129 e. The van der Waals surface area contributed by atoms with Crippen molar-refractivity contribution in [2.45, 2.75) is 249 Å². The molecule has 9 heterocycles. The maximum atomic E-state index is 4.11. The fourth-order valence-electron chi connectivity index (χ4n) is 4.64. The zero-order valence-electron chi connectivity index (χ0n) is 63.3. The van der Waals surface area contributed by atoms with E-state index in [9.17, 15) is 0 Å². The van der Waals surface area contributed by atoms with Crippen LogP contribution in [0.4, 0.5) is 0 Å². The monoisotopic (exact) mass is 1240 g/mol. The average Bonchev–Trinajstić information content (AvgIpc) is 3.56. The summed E-state index contributed by atoms with van der Waals surface area (Å²) in [4.78, 5) is 75.4. The lowest BCUT2D eigenvalue weighted by Crippen LogP contribution is -1.91. The van der Waals surface area contributed by atoms with Crippen molar-refractivity contribution in [3.05, 3.63) is 208 Å². The van der Waals surface area contributed by atoms with Crippen molar-refractivity contribution in [2.75, 3.05) is 0 Å². The van der Waals surface area contributed by atoms with Crippen LogP contribution in [0.3, 0.4) is 0 Å². The van der Waals surface area contributed by atoms with Crippen LogP contribution in [-0.4, -0.2) is 94.7 Å². The van der Waals surface area contributed by atoms with E-state index >= 15 is 0 Å². The molecule has 9 aromatic rings. The van der Waals surface area contributed by atoms with E-state index in [1.165, 1.54) is 6.33 Å². The molecule has 0 unspecified atom stereocenters. The van der Waals surface area contributed by atoms with E-state index in [1.54, 1.807) is 55.9 Å². The molecule has 0 spiro atoms. The van der Waals surface area contributed by atoms with Crippen LogP contribution < -0.4 is 0 Å². The molecule has 0 saturated heterocycles. The fraction of sp³-hybridized carbons (Fsp3) is 0.507. The van der Waals surface area contributed by atoms with E-state index in [0.717, 1.165) is 103 Å². The van der Waals surface area contributed by atoms with Crippen LogP contribution in [0.25, 0.3) is 0 Å². The van der Waals surface area contributed by atoms with E-state index in [2.05, 4.69) is 94.7 Å². The minimum atomic E-state index is 0.775. The third-order valence-electron chi connectivity index (χ3n) is 8.10. The molecule has 0 aliphatic heterocycles. The molecule has 0 aromatic carbocycles. The van der Waals surface area contributed by atoms with Crippen LogP contribution >= 0.6 is 0 Å². The van der Waals surface area contributed by atoms with Crippen LogP contribution in [0.5, 0.6) is 0 Å².